The first-order valence-electron chi connectivity index (χ1n) is 15.9. The van der Waals surface area contributed by atoms with Crippen molar-refractivity contribution in [2.75, 3.05) is 13.2 Å². The average molecular weight is 593 g/mol. The largest absolute Gasteiger partial charge is 0.459 e. The third kappa shape index (κ3) is 5.15. The van der Waals surface area contributed by atoms with Crippen molar-refractivity contribution in [2.24, 2.45) is 22.7 Å². The number of allylic oxidation sites excluding steroid dienone is 2. The standard InChI is InChI=1S/C39H44O5/c1-27-19-22-34-37(2,32(27)21-20-31-33(40)25-43-36(31)42)24-23-35(41)38(34,3)26-44-39(28-13-7-4-8-14-28,29-15-9-5-10-16-29)30-17-11-6-12-18-30/h4-18,20,32-35,40-41H,1,19,21-26H2,2-3H3/b31-20+/t32-,33-,34+,35-,37+,38+/m1/s1. The van der Waals surface area contributed by atoms with Crippen LogP contribution in [0.2, 0.25) is 0 Å². The molecule has 1 aliphatic heterocycles. The molecule has 2 aliphatic carbocycles. The van der Waals surface area contributed by atoms with Gasteiger partial charge in [-0.15, -0.1) is 0 Å². The molecule has 1 saturated heterocycles. The third-order valence-electron chi connectivity index (χ3n) is 11.0. The van der Waals surface area contributed by atoms with Gasteiger partial charge in [0.05, 0.1) is 18.3 Å². The molecule has 6 rings (SSSR count). The first kappa shape index (κ1) is 30.5. The number of esters is 1. The van der Waals surface area contributed by atoms with Gasteiger partial charge in [-0.3, -0.25) is 0 Å². The highest BCUT2D eigenvalue weighted by Crippen LogP contribution is 2.62. The topological polar surface area (TPSA) is 76.0 Å². The van der Waals surface area contributed by atoms with E-state index in [9.17, 15) is 15.0 Å². The molecule has 1 heterocycles. The summed E-state index contributed by atoms with van der Waals surface area (Å²) in [5.41, 5.74) is 3.08. The minimum absolute atomic E-state index is 0.0176. The maximum absolute atomic E-state index is 12.3. The van der Waals surface area contributed by atoms with E-state index >= 15 is 0 Å². The van der Waals surface area contributed by atoms with Crippen molar-refractivity contribution in [2.45, 2.75) is 63.8 Å². The van der Waals surface area contributed by atoms with Crippen molar-refractivity contribution >= 4 is 5.97 Å². The second kappa shape index (κ2) is 12.1. The Balaban J connectivity index is 1.39. The number of fused-ring (bicyclic) bond motifs is 1. The second-order valence-electron chi connectivity index (χ2n) is 13.4. The number of carbonyl (C=O) groups excluding carboxylic acids is 1. The highest BCUT2D eigenvalue weighted by atomic mass is 16.6. The smallest absolute Gasteiger partial charge is 0.336 e. The van der Waals surface area contributed by atoms with Gasteiger partial charge in [-0.1, -0.05) is 123 Å². The molecule has 5 nitrogen and oxygen atoms in total. The van der Waals surface area contributed by atoms with Crippen LogP contribution >= 0.6 is 0 Å². The zero-order chi connectivity index (χ0) is 31.0. The molecule has 2 N–H and O–H groups in total. The van der Waals surface area contributed by atoms with Crippen molar-refractivity contribution in [3.63, 3.8) is 0 Å². The third-order valence-corrected chi connectivity index (χ3v) is 11.0. The van der Waals surface area contributed by atoms with Crippen LogP contribution in [0.15, 0.2) is 115 Å². The molecule has 3 aliphatic rings. The van der Waals surface area contributed by atoms with Crippen LogP contribution in [0.1, 0.15) is 62.6 Å². The van der Waals surface area contributed by atoms with Crippen LogP contribution in [-0.2, 0) is 19.9 Å². The predicted molar refractivity (Wildman–Crippen MR) is 172 cm³/mol. The lowest BCUT2D eigenvalue weighted by molar-refractivity contribution is -0.175. The molecule has 0 amide bonds. The predicted octanol–water partition coefficient (Wildman–Crippen LogP) is 6.98. The van der Waals surface area contributed by atoms with Crippen molar-refractivity contribution in [1.82, 2.24) is 0 Å². The van der Waals surface area contributed by atoms with Crippen LogP contribution in [0.25, 0.3) is 0 Å². The van der Waals surface area contributed by atoms with Gasteiger partial charge in [0.25, 0.3) is 0 Å². The molecular weight excluding hydrogens is 548 g/mol. The summed E-state index contributed by atoms with van der Waals surface area (Å²) in [5, 5.41) is 22.1. The van der Waals surface area contributed by atoms with Gasteiger partial charge in [0.1, 0.15) is 18.3 Å². The van der Waals surface area contributed by atoms with Crippen LogP contribution in [0.4, 0.5) is 0 Å². The number of hydrogen-bond acceptors (Lipinski definition) is 5. The zero-order valence-electron chi connectivity index (χ0n) is 25.8. The fourth-order valence-electron chi connectivity index (χ4n) is 8.58. The lowest BCUT2D eigenvalue weighted by Crippen LogP contribution is -2.58. The molecule has 6 atom stereocenters. The average Bonchev–Trinajstić information content (AvgIpc) is 3.37. The van der Waals surface area contributed by atoms with Crippen LogP contribution in [0.3, 0.4) is 0 Å². The molecule has 3 fully saturated rings. The monoisotopic (exact) mass is 592 g/mol. The van der Waals surface area contributed by atoms with Crippen molar-refractivity contribution in [1.29, 1.82) is 0 Å². The Labute approximate surface area is 261 Å². The SMILES string of the molecule is C=C1CC[C@@H]2[C@](C)(COC(c3ccccc3)(c3ccccc3)c3ccccc3)[C@H](O)CC[C@@]2(C)[C@@H]1C/C=C1/C(=O)OC[C@H]1O. The van der Waals surface area contributed by atoms with Gasteiger partial charge in [0, 0.05) is 5.41 Å². The van der Waals surface area contributed by atoms with Gasteiger partial charge in [-0.25, -0.2) is 4.79 Å². The van der Waals surface area contributed by atoms with E-state index in [0.717, 1.165) is 36.0 Å². The van der Waals surface area contributed by atoms with Crippen LogP contribution < -0.4 is 0 Å². The summed E-state index contributed by atoms with van der Waals surface area (Å²) in [6.07, 6.45) is 4.36. The van der Waals surface area contributed by atoms with E-state index in [1.54, 1.807) is 0 Å². The second-order valence-corrected chi connectivity index (χ2v) is 13.4. The van der Waals surface area contributed by atoms with Gasteiger partial charge < -0.3 is 19.7 Å². The van der Waals surface area contributed by atoms with E-state index in [2.05, 4.69) is 93.2 Å². The van der Waals surface area contributed by atoms with Crippen LogP contribution in [0, 0.1) is 22.7 Å². The normalized spacial score (nSPS) is 31.5. The number of ether oxygens (including phenoxy) is 2. The Morgan fingerprint density at radius 3 is 1.95 bits per heavy atom. The summed E-state index contributed by atoms with van der Waals surface area (Å²) >= 11 is 0. The Morgan fingerprint density at radius 2 is 1.45 bits per heavy atom. The summed E-state index contributed by atoms with van der Waals surface area (Å²) in [7, 11) is 0. The van der Waals surface area contributed by atoms with E-state index in [1.807, 2.05) is 24.3 Å². The lowest BCUT2D eigenvalue weighted by Gasteiger charge is -2.60. The molecule has 2 saturated carbocycles. The van der Waals surface area contributed by atoms with Crippen LogP contribution in [-0.4, -0.2) is 41.6 Å². The van der Waals surface area contributed by atoms with E-state index in [1.165, 1.54) is 5.57 Å². The Hall–Kier alpha value is -3.51. The van der Waals surface area contributed by atoms with Crippen LogP contribution in [0.5, 0.6) is 0 Å². The number of hydrogen-bond donors (Lipinski definition) is 2. The fourth-order valence-corrected chi connectivity index (χ4v) is 8.58. The molecule has 3 aromatic rings. The fraction of sp³-hybridized carbons (Fsp3) is 0.410. The summed E-state index contributed by atoms with van der Waals surface area (Å²) in [6, 6.07) is 31.1. The molecule has 0 spiro atoms. The molecular formula is C39H44O5. The number of benzene rings is 3. The molecule has 230 valence electrons. The van der Waals surface area contributed by atoms with E-state index in [4.69, 9.17) is 9.47 Å². The van der Waals surface area contributed by atoms with E-state index < -0.39 is 29.2 Å². The molecule has 3 aromatic carbocycles. The highest BCUT2D eigenvalue weighted by molar-refractivity contribution is 5.91. The first-order chi connectivity index (χ1) is 21.2. The summed E-state index contributed by atoms with van der Waals surface area (Å²) < 4.78 is 12.4. The maximum Gasteiger partial charge on any atom is 0.336 e. The van der Waals surface area contributed by atoms with Gasteiger partial charge >= 0.3 is 5.97 Å². The summed E-state index contributed by atoms with van der Waals surface area (Å²) in [4.78, 5) is 12.3. The number of cyclic esters (lactones) is 1. The number of aliphatic hydroxyl groups excluding tert-OH is 2. The Bertz CT molecular complexity index is 1400. The van der Waals surface area contributed by atoms with Gasteiger partial charge in [-0.2, -0.15) is 0 Å². The molecule has 0 radical (unpaired) electrons. The van der Waals surface area contributed by atoms with E-state index in [-0.39, 0.29) is 23.9 Å². The quantitative estimate of drug-likeness (QED) is 0.128. The lowest BCUT2D eigenvalue weighted by atomic mass is 9.46. The molecule has 0 bridgehead atoms. The minimum Gasteiger partial charge on any atom is -0.459 e. The molecule has 0 aromatic heterocycles. The molecule has 5 heteroatoms. The summed E-state index contributed by atoms with van der Waals surface area (Å²) in [6.45, 7) is 9.39. The Morgan fingerprint density at radius 1 is 0.909 bits per heavy atom. The van der Waals surface area contributed by atoms with Crippen molar-refractivity contribution < 1.29 is 24.5 Å². The minimum atomic E-state index is -0.878. The molecule has 44 heavy (non-hydrogen) atoms. The number of aliphatic hydroxyl groups is 2. The number of rotatable bonds is 8. The zero-order valence-corrected chi connectivity index (χ0v) is 25.8. The number of carbonyl (C=O) groups is 1. The van der Waals surface area contributed by atoms with Gasteiger partial charge in [0.15, 0.2) is 0 Å². The van der Waals surface area contributed by atoms with E-state index in [0.29, 0.717) is 25.0 Å². The first-order valence-corrected chi connectivity index (χ1v) is 15.9. The highest BCUT2D eigenvalue weighted by Gasteiger charge is 2.58. The van der Waals surface area contributed by atoms with Gasteiger partial charge in [0.2, 0.25) is 0 Å². The molecule has 0 unspecified atom stereocenters. The maximum atomic E-state index is 12.3. The van der Waals surface area contributed by atoms with Crippen molar-refractivity contribution in [3.8, 4) is 0 Å². The van der Waals surface area contributed by atoms with Crippen molar-refractivity contribution in [3.05, 3.63) is 131 Å². The summed E-state index contributed by atoms with van der Waals surface area (Å²) in [5.74, 6) is -0.159. The Kier molecular flexibility index (Phi) is 8.40. The van der Waals surface area contributed by atoms with Gasteiger partial charge in [-0.05, 0) is 66.0 Å².